The highest BCUT2D eigenvalue weighted by Gasteiger charge is 2.12. The first-order chi connectivity index (χ1) is 6.33. The van der Waals surface area contributed by atoms with E-state index in [0.717, 1.165) is 6.54 Å². The van der Waals surface area contributed by atoms with Crippen molar-refractivity contribution in [2.45, 2.75) is 50.6 Å². The van der Waals surface area contributed by atoms with Gasteiger partial charge in [0.05, 0.1) is 6.61 Å². The Hall–Kier alpha value is -0.120. The summed E-state index contributed by atoms with van der Waals surface area (Å²) in [6.07, 6.45) is 7.99. The van der Waals surface area contributed by atoms with Crippen LogP contribution in [-0.4, -0.2) is 30.3 Å². The van der Waals surface area contributed by atoms with E-state index in [9.17, 15) is 0 Å². The monoisotopic (exact) mass is 186 g/mol. The van der Waals surface area contributed by atoms with E-state index >= 15 is 0 Å². The van der Waals surface area contributed by atoms with E-state index in [-0.39, 0.29) is 12.6 Å². The SMILES string of the molecule is NC(CO)CNC1CCCCCC1. The Morgan fingerprint density at radius 3 is 2.38 bits per heavy atom. The molecule has 78 valence electrons. The van der Waals surface area contributed by atoms with Crippen LogP contribution in [0.4, 0.5) is 0 Å². The van der Waals surface area contributed by atoms with E-state index in [1.54, 1.807) is 0 Å². The van der Waals surface area contributed by atoms with E-state index in [4.69, 9.17) is 10.8 Å². The van der Waals surface area contributed by atoms with Crippen LogP contribution in [0.3, 0.4) is 0 Å². The molecule has 4 N–H and O–H groups in total. The Balaban J connectivity index is 2.11. The van der Waals surface area contributed by atoms with Crippen LogP contribution < -0.4 is 11.1 Å². The molecule has 0 heterocycles. The zero-order valence-electron chi connectivity index (χ0n) is 8.34. The Bertz CT molecular complexity index is 122. The molecule has 0 aromatic rings. The molecular formula is C10H22N2O. The van der Waals surface area contributed by atoms with Crippen LogP contribution in [0.2, 0.25) is 0 Å². The maximum Gasteiger partial charge on any atom is 0.0594 e. The Kier molecular flexibility index (Phi) is 5.35. The van der Waals surface area contributed by atoms with Gasteiger partial charge in [-0.25, -0.2) is 0 Å². The van der Waals surface area contributed by atoms with Crippen LogP contribution >= 0.6 is 0 Å². The third-order valence-electron chi connectivity index (χ3n) is 2.76. The average molecular weight is 186 g/mol. The van der Waals surface area contributed by atoms with Crippen molar-refractivity contribution in [1.29, 1.82) is 0 Å². The van der Waals surface area contributed by atoms with Gasteiger partial charge < -0.3 is 16.2 Å². The predicted molar refractivity (Wildman–Crippen MR) is 54.6 cm³/mol. The summed E-state index contributed by atoms with van der Waals surface area (Å²) in [5, 5.41) is 12.2. The number of rotatable bonds is 4. The predicted octanol–water partition coefficient (Wildman–Crippen LogP) is 0.618. The Morgan fingerprint density at radius 2 is 1.85 bits per heavy atom. The van der Waals surface area contributed by atoms with Gasteiger partial charge in [-0.3, -0.25) is 0 Å². The van der Waals surface area contributed by atoms with Crippen molar-refractivity contribution in [1.82, 2.24) is 5.32 Å². The lowest BCUT2D eigenvalue weighted by molar-refractivity contribution is 0.257. The lowest BCUT2D eigenvalue weighted by Gasteiger charge is -2.18. The van der Waals surface area contributed by atoms with Crippen molar-refractivity contribution in [2.24, 2.45) is 5.73 Å². The van der Waals surface area contributed by atoms with Crippen molar-refractivity contribution in [3.63, 3.8) is 0 Å². The van der Waals surface area contributed by atoms with Gasteiger partial charge in [-0.05, 0) is 12.8 Å². The molecule has 1 rings (SSSR count). The highest BCUT2D eigenvalue weighted by Crippen LogP contribution is 2.16. The molecule has 3 nitrogen and oxygen atoms in total. The summed E-state index contributed by atoms with van der Waals surface area (Å²) in [6.45, 7) is 0.834. The zero-order valence-corrected chi connectivity index (χ0v) is 8.34. The molecule has 0 aromatic carbocycles. The van der Waals surface area contributed by atoms with Crippen LogP contribution in [0.25, 0.3) is 0 Å². The van der Waals surface area contributed by atoms with Gasteiger partial charge in [0, 0.05) is 18.6 Å². The molecule has 0 aliphatic heterocycles. The van der Waals surface area contributed by atoms with E-state index < -0.39 is 0 Å². The number of nitrogens with one attached hydrogen (secondary N) is 1. The molecule has 0 radical (unpaired) electrons. The first-order valence-corrected chi connectivity index (χ1v) is 5.42. The average Bonchev–Trinajstić information content (AvgIpc) is 2.42. The molecule has 1 atom stereocenters. The van der Waals surface area contributed by atoms with Crippen LogP contribution in [0, 0.1) is 0 Å². The zero-order chi connectivity index (χ0) is 9.52. The largest absolute Gasteiger partial charge is 0.395 e. The van der Waals surface area contributed by atoms with Crippen LogP contribution in [0.5, 0.6) is 0 Å². The second-order valence-corrected chi connectivity index (χ2v) is 4.04. The maximum atomic E-state index is 8.75. The third kappa shape index (κ3) is 4.60. The number of aliphatic hydroxyl groups is 1. The number of nitrogens with two attached hydrogens (primary N) is 1. The van der Waals surface area contributed by atoms with E-state index in [2.05, 4.69) is 5.32 Å². The Labute approximate surface area is 80.7 Å². The smallest absolute Gasteiger partial charge is 0.0594 e. The molecule has 1 saturated carbocycles. The fraction of sp³-hybridized carbons (Fsp3) is 1.00. The lowest BCUT2D eigenvalue weighted by atomic mass is 10.1. The molecule has 1 aliphatic carbocycles. The van der Waals surface area contributed by atoms with Gasteiger partial charge in [-0.2, -0.15) is 0 Å². The summed E-state index contributed by atoms with van der Waals surface area (Å²) in [5.74, 6) is 0. The number of hydrogen-bond acceptors (Lipinski definition) is 3. The van der Waals surface area contributed by atoms with E-state index in [1.165, 1.54) is 38.5 Å². The van der Waals surface area contributed by atoms with E-state index in [0.29, 0.717) is 6.04 Å². The number of aliphatic hydroxyl groups excluding tert-OH is 1. The molecular weight excluding hydrogens is 164 g/mol. The molecule has 13 heavy (non-hydrogen) atoms. The van der Waals surface area contributed by atoms with Crippen LogP contribution in [0.15, 0.2) is 0 Å². The minimum atomic E-state index is -0.0942. The Morgan fingerprint density at radius 1 is 1.23 bits per heavy atom. The lowest BCUT2D eigenvalue weighted by Crippen LogP contribution is -2.41. The van der Waals surface area contributed by atoms with Crippen LogP contribution in [-0.2, 0) is 0 Å². The van der Waals surface area contributed by atoms with Crippen molar-refractivity contribution in [2.75, 3.05) is 13.2 Å². The summed E-state index contributed by atoms with van der Waals surface area (Å²) in [6, 6.07) is 0.545. The highest BCUT2D eigenvalue weighted by molar-refractivity contribution is 4.73. The first kappa shape index (κ1) is 11.0. The normalized spacial score (nSPS) is 22.6. The summed E-state index contributed by atoms with van der Waals surface area (Å²) < 4.78 is 0. The molecule has 1 aliphatic rings. The third-order valence-corrected chi connectivity index (χ3v) is 2.76. The topological polar surface area (TPSA) is 58.3 Å². The van der Waals surface area contributed by atoms with Gasteiger partial charge in [-0.15, -0.1) is 0 Å². The van der Waals surface area contributed by atoms with Crippen molar-refractivity contribution < 1.29 is 5.11 Å². The van der Waals surface area contributed by atoms with E-state index in [1.807, 2.05) is 0 Å². The van der Waals surface area contributed by atoms with Crippen molar-refractivity contribution in [3.8, 4) is 0 Å². The van der Waals surface area contributed by atoms with Gasteiger partial charge in [-0.1, -0.05) is 25.7 Å². The van der Waals surface area contributed by atoms with Gasteiger partial charge >= 0.3 is 0 Å². The molecule has 1 unspecified atom stereocenters. The fourth-order valence-corrected chi connectivity index (χ4v) is 1.87. The fourth-order valence-electron chi connectivity index (χ4n) is 1.87. The van der Waals surface area contributed by atoms with Gasteiger partial charge in [0.1, 0.15) is 0 Å². The molecule has 0 aromatic heterocycles. The molecule has 1 fully saturated rings. The summed E-state index contributed by atoms with van der Waals surface area (Å²) in [5.41, 5.74) is 5.62. The number of hydrogen-bond donors (Lipinski definition) is 3. The molecule has 0 amide bonds. The second-order valence-electron chi connectivity index (χ2n) is 4.04. The van der Waals surface area contributed by atoms with Crippen LogP contribution in [0.1, 0.15) is 38.5 Å². The minimum Gasteiger partial charge on any atom is -0.395 e. The summed E-state index contributed by atoms with van der Waals surface area (Å²) >= 11 is 0. The van der Waals surface area contributed by atoms with Crippen molar-refractivity contribution >= 4 is 0 Å². The van der Waals surface area contributed by atoms with Gasteiger partial charge in [0.2, 0.25) is 0 Å². The quantitative estimate of drug-likeness (QED) is 0.564. The molecule has 0 bridgehead atoms. The molecule has 0 saturated heterocycles. The highest BCUT2D eigenvalue weighted by atomic mass is 16.3. The summed E-state index contributed by atoms with van der Waals surface area (Å²) in [4.78, 5) is 0. The standard InChI is InChI=1S/C10H22N2O/c11-9(8-13)7-12-10-5-3-1-2-4-6-10/h9-10,12-13H,1-8,11H2. The maximum absolute atomic E-state index is 8.75. The minimum absolute atomic E-state index is 0.0831. The summed E-state index contributed by atoms with van der Waals surface area (Å²) in [7, 11) is 0. The molecule has 0 spiro atoms. The second kappa shape index (κ2) is 6.35. The van der Waals surface area contributed by atoms with Crippen molar-refractivity contribution in [3.05, 3.63) is 0 Å². The van der Waals surface area contributed by atoms with Gasteiger partial charge in [0.15, 0.2) is 0 Å². The molecule has 3 heteroatoms. The first-order valence-electron chi connectivity index (χ1n) is 5.42. The van der Waals surface area contributed by atoms with Gasteiger partial charge in [0.25, 0.3) is 0 Å².